The standard InChI is InChI=1S/C44H58N2O14/c1-21-12-11-13-22(2)43(54)45-29-18-31(57-20-32(48)46-15-17-56-19-23(46)3)33-34(39(29)52)38(51)27(7)41-35(33)42(53)44(9,60-41)58-16-14-30(55-10)24(4)40(59-28(8)47)26(6)37(50)25(5)36(21)49/h11-14,16,18,21,23-26,30,36-37,40,49-52H,15,17,19-20H2,1-10H3,(H,45,54)/b12-11-,16-14?,22-13-/t21-,23?,24+,25+,26+,30-,36-,37+,40+,44-/m0/s1. The number of amides is 2. The summed E-state index contributed by atoms with van der Waals surface area (Å²) in [6.07, 6.45) is 3.57. The Bertz CT molecular complexity index is 2080. The molecule has 4 aliphatic rings. The van der Waals surface area contributed by atoms with Crippen LogP contribution in [0.25, 0.3) is 10.8 Å². The van der Waals surface area contributed by atoms with Crippen LogP contribution in [0.4, 0.5) is 5.69 Å². The van der Waals surface area contributed by atoms with Gasteiger partial charge in [-0.15, -0.1) is 0 Å². The van der Waals surface area contributed by atoms with Crippen LogP contribution in [0.1, 0.15) is 71.3 Å². The smallest absolute Gasteiger partial charge is 0.312 e. The van der Waals surface area contributed by atoms with Gasteiger partial charge in [-0.1, -0.05) is 45.9 Å². The number of aromatic hydroxyl groups is 2. The van der Waals surface area contributed by atoms with Gasteiger partial charge in [-0.2, -0.15) is 0 Å². The second-order valence-electron chi connectivity index (χ2n) is 16.2. The van der Waals surface area contributed by atoms with Crippen LogP contribution in [0.15, 0.2) is 42.2 Å². The zero-order valence-corrected chi connectivity index (χ0v) is 35.8. The van der Waals surface area contributed by atoms with Gasteiger partial charge in [0.2, 0.25) is 0 Å². The second kappa shape index (κ2) is 18.6. The lowest BCUT2D eigenvalue weighted by Gasteiger charge is -2.38. The molecule has 1 saturated heterocycles. The van der Waals surface area contributed by atoms with Crippen molar-refractivity contribution < 1.29 is 68.0 Å². The van der Waals surface area contributed by atoms with Crippen molar-refractivity contribution >= 4 is 40.0 Å². The average Bonchev–Trinajstić information content (AvgIpc) is 3.48. The molecule has 0 aromatic heterocycles. The summed E-state index contributed by atoms with van der Waals surface area (Å²) in [6, 6.07) is 1.03. The number of hydrogen-bond donors (Lipinski definition) is 5. The van der Waals surface area contributed by atoms with E-state index in [4.69, 9.17) is 28.4 Å². The second-order valence-corrected chi connectivity index (χ2v) is 16.2. The molecule has 2 aromatic rings. The van der Waals surface area contributed by atoms with E-state index in [1.54, 1.807) is 44.7 Å². The van der Waals surface area contributed by atoms with Crippen LogP contribution in [0.5, 0.6) is 23.0 Å². The molecule has 1 unspecified atom stereocenters. The fraction of sp³-hybridized carbons (Fsp3) is 0.545. The molecule has 0 radical (unpaired) electrons. The summed E-state index contributed by atoms with van der Waals surface area (Å²) in [4.78, 5) is 55.5. The van der Waals surface area contributed by atoms with Gasteiger partial charge in [0.15, 0.2) is 12.4 Å². The highest BCUT2D eigenvalue weighted by atomic mass is 16.7. The maximum atomic E-state index is 14.5. The Morgan fingerprint density at radius 1 is 0.983 bits per heavy atom. The molecule has 5 N–H and O–H groups in total. The number of morpholine rings is 1. The highest BCUT2D eigenvalue weighted by Crippen LogP contribution is 2.54. The molecule has 4 heterocycles. The van der Waals surface area contributed by atoms with Crippen LogP contribution in [-0.4, -0.2) is 119 Å². The number of rotatable bonds is 5. The number of ether oxygens (including phenoxy) is 6. The Morgan fingerprint density at radius 2 is 1.68 bits per heavy atom. The van der Waals surface area contributed by atoms with Gasteiger partial charge in [0.1, 0.15) is 23.4 Å². The van der Waals surface area contributed by atoms with Gasteiger partial charge in [-0.3, -0.25) is 19.2 Å². The van der Waals surface area contributed by atoms with Crippen LogP contribution in [-0.2, 0) is 33.3 Å². The number of ketones is 1. The first-order valence-corrected chi connectivity index (χ1v) is 20.1. The molecule has 2 aromatic carbocycles. The van der Waals surface area contributed by atoms with E-state index in [0.717, 1.165) is 0 Å². The lowest BCUT2D eigenvalue weighted by Crippen LogP contribution is -2.48. The molecule has 2 amide bonds. The lowest BCUT2D eigenvalue weighted by molar-refractivity contribution is -0.160. The first kappa shape index (κ1) is 45.9. The summed E-state index contributed by atoms with van der Waals surface area (Å²) >= 11 is 0. The Labute approximate surface area is 349 Å². The minimum atomic E-state index is -2.03. The monoisotopic (exact) mass is 838 g/mol. The number of anilines is 1. The highest BCUT2D eigenvalue weighted by molar-refractivity contribution is 6.21. The third-order valence-corrected chi connectivity index (χ3v) is 11.9. The van der Waals surface area contributed by atoms with E-state index in [0.29, 0.717) is 19.8 Å². The van der Waals surface area contributed by atoms with Gasteiger partial charge in [0.25, 0.3) is 17.6 Å². The molecule has 10 atom stereocenters. The molecule has 0 aliphatic carbocycles. The topological polar surface area (TPSA) is 220 Å². The van der Waals surface area contributed by atoms with Crippen LogP contribution in [0.3, 0.4) is 0 Å². The molecular weight excluding hydrogens is 780 g/mol. The predicted octanol–water partition coefficient (Wildman–Crippen LogP) is 4.67. The van der Waals surface area contributed by atoms with Gasteiger partial charge < -0.3 is 59.1 Å². The zero-order chi connectivity index (χ0) is 44.4. The fourth-order valence-corrected chi connectivity index (χ4v) is 8.07. The molecule has 16 nitrogen and oxygen atoms in total. The Hall–Kier alpha value is -5.16. The van der Waals surface area contributed by atoms with Crippen molar-refractivity contribution in [3.05, 3.63) is 53.3 Å². The van der Waals surface area contributed by atoms with Gasteiger partial charge in [-0.25, -0.2) is 0 Å². The fourth-order valence-electron chi connectivity index (χ4n) is 8.07. The molecule has 0 saturated carbocycles. The largest absolute Gasteiger partial charge is 0.507 e. The highest BCUT2D eigenvalue weighted by Gasteiger charge is 2.50. The summed E-state index contributed by atoms with van der Waals surface area (Å²) in [7, 11) is 1.44. The molecule has 60 heavy (non-hydrogen) atoms. The number of benzene rings is 2. The van der Waals surface area contributed by atoms with Gasteiger partial charge in [0, 0.05) is 73.8 Å². The Morgan fingerprint density at radius 3 is 2.33 bits per heavy atom. The van der Waals surface area contributed by atoms with E-state index < -0.39 is 89.6 Å². The quantitative estimate of drug-likeness (QED) is 0.204. The minimum Gasteiger partial charge on any atom is -0.507 e. The number of carbonyl (C=O) groups excluding carboxylic acids is 4. The maximum absolute atomic E-state index is 14.5. The van der Waals surface area contributed by atoms with Crippen molar-refractivity contribution in [1.29, 1.82) is 0 Å². The van der Waals surface area contributed by atoms with Gasteiger partial charge >= 0.3 is 11.8 Å². The number of phenolic OH excluding ortho intramolecular Hbond substituents is 2. The van der Waals surface area contributed by atoms with E-state index in [1.807, 2.05) is 6.92 Å². The number of fused-ring (bicyclic) bond motifs is 14. The van der Waals surface area contributed by atoms with Crippen molar-refractivity contribution in [2.45, 2.75) is 98.6 Å². The number of phenols is 2. The molecule has 5 bridgehead atoms. The predicted molar refractivity (Wildman–Crippen MR) is 220 cm³/mol. The molecule has 0 spiro atoms. The molecular formula is C44H58N2O14. The zero-order valence-electron chi connectivity index (χ0n) is 35.8. The van der Waals surface area contributed by atoms with Crippen molar-refractivity contribution in [3.63, 3.8) is 0 Å². The molecule has 4 aliphatic heterocycles. The number of nitrogens with zero attached hydrogens (tertiary/aromatic N) is 1. The number of nitrogens with one attached hydrogen (secondary N) is 1. The van der Waals surface area contributed by atoms with Crippen molar-refractivity contribution in [2.75, 3.05) is 38.8 Å². The number of aliphatic hydroxyl groups excluding tert-OH is 2. The maximum Gasteiger partial charge on any atom is 0.312 e. The van der Waals surface area contributed by atoms with Gasteiger partial charge in [0.05, 0.1) is 60.5 Å². The van der Waals surface area contributed by atoms with Crippen LogP contribution in [0, 0.1) is 30.6 Å². The molecule has 16 heteroatoms. The van der Waals surface area contributed by atoms with E-state index in [9.17, 15) is 39.6 Å². The van der Waals surface area contributed by atoms with E-state index in [-0.39, 0.29) is 56.6 Å². The van der Waals surface area contributed by atoms with Crippen LogP contribution in [0.2, 0.25) is 0 Å². The summed E-state index contributed by atoms with van der Waals surface area (Å²) in [5.74, 6) is -8.10. The van der Waals surface area contributed by atoms with Gasteiger partial charge in [-0.05, 0) is 26.8 Å². The number of hydrogen-bond acceptors (Lipinski definition) is 14. The molecule has 1 fully saturated rings. The average molecular weight is 839 g/mol. The van der Waals surface area contributed by atoms with Crippen molar-refractivity contribution in [3.8, 4) is 23.0 Å². The third kappa shape index (κ3) is 9.11. The summed E-state index contributed by atoms with van der Waals surface area (Å²) in [6.45, 7) is 14.9. The minimum absolute atomic E-state index is 0.0638. The summed E-state index contributed by atoms with van der Waals surface area (Å²) in [5, 5.41) is 48.5. The Balaban J connectivity index is 1.66. The number of carbonyl (C=O) groups is 4. The SMILES string of the molecule is CO[C@H]1C=CO[C@@]2(C)Oc3c(C)c(O)c4c(O)c(cc(OCC(=O)N5CCOCC5C)c4c3C2=O)NC(=O)/C(C)=C\C=C/[C@H](C)[C@H](O)[C@@H](C)[C@@H](O)[C@@H](C)[C@H](OC(C)=O)[C@@H]1C. The normalized spacial score (nSPS) is 31.8. The lowest BCUT2D eigenvalue weighted by atomic mass is 9.78. The summed E-state index contributed by atoms with van der Waals surface area (Å²) in [5.41, 5.74) is -0.0340. The van der Waals surface area contributed by atoms with Crippen molar-refractivity contribution in [2.24, 2.45) is 23.7 Å². The van der Waals surface area contributed by atoms with E-state index in [1.165, 1.54) is 59.3 Å². The number of Topliss-reactive ketones (excluding diaryl/α,β-unsaturated/α-hetero) is 1. The first-order chi connectivity index (χ1) is 28.2. The third-order valence-electron chi connectivity index (χ3n) is 11.9. The molecule has 328 valence electrons. The number of methoxy groups -OCH3 is 1. The Kier molecular flexibility index (Phi) is 14.3. The molecule has 6 rings (SSSR count). The summed E-state index contributed by atoms with van der Waals surface area (Å²) < 4.78 is 35.3. The van der Waals surface area contributed by atoms with Crippen LogP contribution < -0.4 is 14.8 Å². The number of aliphatic hydroxyl groups is 2. The number of allylic oxidation sites excluding steroid dienone is 2. The van der Waals surface area contributed by atoms with E-state index in [2.05, 4.69) is 5.32 Å². The van der Waals surface area contributed by atoms with E-state index >= 15 is 0 Å². The number of esters is 1. The first-order valence-electron chi connectivity index (χ1n) is 20.1. The van der Waals surface area contributed by atoms with Crippen molar-refractivity contribution in [1.82, 2.24) is 4.90 Å². The van der Waals surface area contributed by atoms with Crippen LogP contribution >= 0.6 is 0 Å².